The van der Waals surface area contributed by atoms with E-state index in [9.17, 15) is 4.79 Å². The molecule has 3 rings (SSSR count). The van der Waals surface area contributed by atoms with Crippen molar-refractivity contribution in [3.63, 3.8) is 0 Å². The van der Waals surface area contributed by atoms with Crippen LogP contribution in [0.4, 0.5) is 0 Å². The maximum Gasteiger partial charge on any atom is 0.265 e. The Morgan fingerprint density at radius 2 is 2.00 bits per heavy atom. The van der Waals surface area contributed by atoms with Crippen molar-refractivity contribution in [2.45, 2.75) is 38.5 Å². The number of nitrogens with two attached hydrogens (primary N) is 1. The van der Waals surface area contributed by atoms with Gasteiger partial charge in [0.25, 0.3) is 5.91 Å². The predicted molar refractivity (Wildman–Crippen MR) is 77.2 cm³/mol. The summed E-state index contributed by atoms with van der Waals surface area (Å²) in [5.41, 5.74) is 8.25. The summed E-state index contributed by atoms with van der Waals surface area (Å²) < 4.78 is 0. The van der Waals surface area contributed by atoms with Crippen molar-refractivity contribution in [1.82, 2.24) is 4.98 Å². The molecule has 1 aliphatic rings. The van der Waals surface area contributed by atoms with Crippen molar-refractivity contribution < 1.29 is 4.79 Å². The van der Waals surface area contributed by atoms with Crippen LogP contribution in [0, 0.1) is 5.92 Å². The van der Waals surface area contributed by atoms with Gasteiger partial charge in [-0.25, -0.2) is 0 Å². The molecule has 3 N–H and O–H groups in total. The Balaban J connectivity index is 2.01. The number of hydrogen-bond donors (Lipinski definition) is 2. The molecule has 19 heavy (non-hydrogen) atoms. The van der Waals surface area contributed by atoms with E-state index in [1.54, 1.807) is 0 Å². The molecule has 0 unspecified atom stereocenters. The first-order chi connectivity index (χ1) is 9.15. The third-order valence-corrected chi connectivity index (χ3v) is 4.42. The lowest BCUT2D eigenvalue weighted by atomic mass is 9.78. The predicted octanol–water partition coefficient (Wildman–Crippen LogP) is 3.56. The van der Waals surface area contributed by atoms with Gasteiger partial charge in [0, 0.05) is 10.9 Å². The highest BCUT2D eigenvalue weighted by molar-refractivity contribution is 5.98. The molecule has 0 bridgehead atoms. The van der Waals surface area contributed by atoms with E-state index in [2.05, 4.69) is 24.0 Å². The van der Waals surface area contributed by atoms with Crippen LogP contribution < -0.4 is 5.73 Å². The summed E-state index contributed by atoms with van der Waals surface area (Å²) in [6.45, 7) is 2.33. The van der Waals surface area contributed by atoms with Crippen molar-refractivity contribution >= 4 is 16.8 Å². The second kappa shape index (κ2) is 4.72. The van der Waals surface area contributed by atoms with Crippen LogP contribution in [0.25, 0.3) is 10.9 Å². The Labute approximate surface area is 113 Å². The molecular weight excluding hydrogens is 236 g/mol. The number of H-pyrrole nitrogens is 1. The topological polar surface area (TPSA) is 58.9 Å². The lowest BCUT2D eigenvalue weighted by Crippen LogP contribution is -2.11. The lowest BCUT2D eigenvalue weighted by molar-refractivity contribution is 0.0996. The van der Waals surface area contributed by atoms with Crippen LogP contribution in [0.3, 0.4) is 0 Å². The van der Waals surface area contributed by atoms with Crippen molar-refractivity contribution in [3.05, 3.63) is 35.5 Å². The van der Waals surface area contributed by atoms with Crippen LogP contribution in [0.15, 0.2) is 24.3 Å². The minimum absolute atomic E-state index is 0.389. The Hall–Kier alpha value is -1.77. The Kier molecular flexibility index (Phi) is 3.05. The third-order valence-electron chi connectivity index (χ3n) is 4.42. The first kappa shape index (κ1) is 12.3. The van der Waals surface area contributed by atoms with E-state index >= 15 is 0 Å². The summed E-state index contributed by atoms with van der Waals surface area (Å²) in [4.78, 5) is 14.4. The van der Waals surface area contributed by atoms with Gasteiger partial charge < -0.3 is 10.7 Å². The molecular formula is C16H20N2O. The highest BCUT2D eigenvalue weighted by Crippen LogP contribution is 2.38. The summed E-state index contributed by atoms with van der Waals surface area (Å²) in [6.07, 6.45) is 5.09. The van der Waals surface area contributed by atoms with Crippen molar-refractivity contribution in [1.29, 1.82) is 0 Å². The number of carbonyl (C=O) groups excluding carboxylic acids is 1. The number of benzene rings is 1. The maximum atomic E-state index is 11.3. The van der Waals surface area contributed by atoms with E-state index in [1.165, 1.54) is 31.2 Å². The number of aromatic amines is 1. The number of nitrogens with one attached hydrogen (secondary N) is 1. The number of rotatable bonds is 2. The fourth-order valence-electron chi connectivity index (χ4n) is 3.24. The van der Waals surface area contributed by atoms with Gasteiger partial charge in [-0.15, -0.1) is 0 Å². The minimum atomic E-state index is -0.389. The second-order valence-corrected chi connectivity index (χ2v) is 5.81. The van der Waals surface area contributed by atoms with E-state index < -0.39 is 0 Å². The van der Waals surface area contributed by atoms with Crippen LogP contribution in [-0.2, 0) is 0 Å². The van der Waals surface area contributed by atoms with E-state index in [0.29, 0.717) is 11.6 Å². The summed E-state index contributed by atoms with van der Waals surface area (Å²) in [7, 11) is 0. The summed E-state index contributed by atoms with van der Waals surface area (Å²) in [6, 6.07) is 8.18. The Bertz CT molecular complexity index is 606. The SMILES string of the molecule is CC1CCC(c2cccc3[nH]c(C(N)=O)cc23)CC1. The molecule has 0 spiro atoms. The quantitative estimate of drug-likeness (QED) is 0.848. The summed E-state index contributed by atoms with van der Waals surface area (Å²) in [5.74, 6) is 1.08. The molecule has 0 radical (unpaired) electrons. The first-order valence-corrected chi connectivity index (χ1v) is 7.06. The molecule has 1 aromatic carbocycles. The van der Waals surface area contributed by atoms with Gasteiger partial charge in [-0.3, -0.25) is 4.79 Å². The van der Waals surface area contributed by atoms with Crippen LogP contribution in [0.2, 0.25) is 0 Å². The standard InChI is InChI=1S/C16H20N2O/c1-10-5-7-11(8-6-10)12-3-2-4-14-13(12)9-15(18-14)16(17)19/h2-4,9-11,18H,5-8H2,1H3,(H2,17,19). The van der Waals surface area contributed by atoms with Crippen molar-refractivity contribution in [3.8, 4) is 0 Å². The van der Waals surface area contributed by atoms with Gasteiger partial charge in [-0.05, 0) is 42.4 Å². The van der Waals surface area contributed by atoms with Gasteiger partial charge in [-0.1, -0.05) is 31.9 Å². The molecule has 2 aromatic rings. The normalized spacial score (nSPS) is 23.6. The van der Waals surface area contributed by atoms with Gasteiger partial charge in [0.05, 0.1) is 0 Å². The Morgan fingerprint density at radius 1 is 1.26 bits per heavy atom. The summed E-state index contributed by atoms with van der Waals surface area (Å²) >= 11 is 0. The second-order valence-electron chi connectivity index (χ2n) is 5.81. The average Bonchev–Trinajstić information content (AvgIpc) is 2.83. The van der Waals surface area contributed by atoms with Gasteiger partial charge in [0.15, 0.2) is 0 Å². The van der Waals surface area contributed by atoms with E-state index in [1.807, 2.05) is 12.1 Å². The molecule has 100 valence electrons. The number of primary amides is 1. The average molecular weight is 256 g/mol. The van der Waals surface area contributed by atoms with Gasteiger partial charge in [-0.2, -0.15) is 0 Å². The molecule has 3 nitrogen and oxygen atoms in total. The monoisotopic (exact) mass is 256 g/mol. The molecule has 0 saturated heterocycles. The fourth-order valence-corrected chi connectivity index (χ4v) is 3.24. The number of amides is 1. The van der Waals surface area contributed by atoms with Gasteiger partial charge >= 0.3 is 0 Å². The van der Waals surface area contributed by atoms with Crippen LogP contribution >= 0.6 is 0 Å². The molecule has 1 saturated carbocycles. The first-order valence-electron chi connectivity index (χ1n) is 7.06. The number of hydrogen-bond acceptors (Lipinski definition) is 1. The van der Waals surface area contributed by atoms with Crippen LogP contribution in [0.5, 0.6) is 0 Å². The lowest BCUT2D eigenvalue weighted by Gasteiger charge is -2.26. The number of fused-ring (bicyclic) bond motifs is 1. The summed E-state index contributed by atoms with van der Waals surface area (Å²) in [5, 5.41) is 1.16. The van der Waals surface area contributed by atoms with Crippen LogP contribution in [-0.4, -0.2) is 10.9 Å². The molecule has 1 aliphatic carbocycles. The molecule has 0 aliphatic heterocycles. The molecule has 1 amide bonds. The highest BCUT2D eigenvalue weighted by atomic mass is 16.1. The zero-order valence-corrected chi connectivity index (χ0v) is 11.3. The highest BCUT2D eigenvalue weighted by Gasteiger charge is 2.22. The minimum Gasteiger partial charge on any atom is -0.364 e. The van der Waals surface area contributed by atoms with E-state index in [-0.39, 0.29) is 5.91 Å². The zero-order valence-electron chi connectivity index (χ0n) is 11.3. The molecule has 0 atom stereocenters. The van der Waals surface area contributed by atoms with Crippen LogP contribution in [0.1, 0.15) is 54.6 Å². The van der Waals surface area contributed by atoms with Crippen molar-refractivity contribution in [2.75, 3.05) is 0 Å². The zero-order chi connectivity index (χ0) is 13.4. The maximum absolute atomic E-state index is 11.3. The fraction of sp³-hybridized carbons (Fsp3) is 0.438. The number of carbonyl (C=O) groups is 1. The molecule has 3 heteroatoms. The molecule has 1 heterocycles. The third kappa shape index (κ3) is 2.25. The van der Waals surface area contributed by atoms with Crippen molar-refractivity contribution in [2.24, 2.45) is 11.7 Å². The molecule has 1 fully saturated rings. The van der Waals surface area contributed by atoms with Gasteiger partial charge in [0.2, 0.25) is 0 Å². The Morgan fingerprint density at radius 3 is 2.68 bits per heavy atom. The smallest absolute Gasteiger partial charge is 0.265 e. The largest absolute Gasteiger partial charge is 0.364 e. The van der Waals surface area contributed by atoms with Gasteiger partial charge in [0.1, 0.15) is 5.69 Å². The molecule has 1 aromatic heterocycles. The van der Waals surface area contributed by atoms with E-state index in [0.717, 1.165) is 16.8 Å². The number of aromatic nitrogens is 1. The van der Waals surface area contributed by atoms with E-state index in [4.69, 9.17) is 5.73 Å².